The molecular formula is C27H35N5O3S. The molecule has 1 aromatic heterocycles. The molecule has 1 heterocycles. The fourth-order valence-electron chi connectivity index (χ4n) is 3.97. The number of hydrogen-bond donors (Lipinski definition) is 5. The van der Waals surface area contributed by atoms with Gasteiger partial charge < -0.3 is 27.4 Å². The van der Waals surface area contributed by atoms with Gasteiger partial charge in [0.25, 0.3) is 0 Å². The first-order valence-corrected chi connectivity index (χ1v) is 13.1. The average molecular weight is 510 g/mol. The molecule has 36 heavy (non-hydrogen) atoms. The number of hydrogen-bond acceptors (Lipinski definition) is 6. The van der Waals surface area contributed by atoms with Gasteiger partial charge in [-0.1, -0.05) is 55.0 Å². The summed E-state index contributed by atoms with van der Waals surface area (Å²) in [5, 5.41) is 12.0. The van der Waals surface area contributed by atoms with Gasteiger partial charge in [-0.15, -0.1) is 11.3 Å². The number of carbonyl (C=O) groups is 3. The second-order valence-electron chi connectivity index (χ2n) is 8.80. The molecule has 192 valence electrons. The van der Waals surface area contributed by atoms with Crippen molar-refractivity contribution in [2.24, 2.45) is 11.5 Å². The molecule has 0 aliphatic heterocycles. The summed E-state index contributed by atoms with van der Waals surface area (Å²) in [7, 11) is 0. The highest BCUT2D eigenvalue weighted by Gasteiger charge is 2.19. The van der Waals surface area contributed by atoms with Crippen molar-refractivity contribution in [1.82, 2.24) is 16.0 Å². The summed E-state index contributed by atoms with van der Waals surface area (Å²) in [6, 6.07) is 16.8. The third-order valence-corrected chi connectivity index (χ3v) is 6.93. The quantitative estimate of drug-likeness (QED) is 0.199. The van der Waals surface area contributed by atoms with E-state index >= 15 is 0 Å². The standard InChI is InChI=1S/C27H35N5O3S/c28-22(16-20-18-36-24-12-6-5-11-21(20)24)26(34)31-14-8-2-7-13-30-23(27(35)32-17-25(29)33)15-19-9-3-1-4-10-19/h1,3-6,9-12,18,22-23,30H,2,7-8,13-17,28H2,(H2,29,33)(H,31,34)(H,32,35)/t22-,23-/m1/s1. The Morgan fingerprint density at radius 3 is 2.33 bits per heavy atom. The summed E-state index contributed by atoms with van der Waals surface area (Å²) in [4.78, 5) is 35.9. The molecule has 0 aliphatic carbocycles. The van der Waals surface area contributed by atoms with E-state index in [0.717, 1.165) is 35.8 Å². The molecule has 0 saturated heterocycles. The van der Waals surface area contributed by atoms with Gasteiger partial charge in [-0.05, 0) is 60.2 Å². The number of nitrogens with one attached hydrogen (secondary N) is 3. The largest absolute Gasteiger partial charge is 0.368 e. The minimum Gasteiger partial charge on any atom is -0.368 e. The van der Waals surface area contributed by atoms with E-state index in [1.165, 1.54) is 4.70 Å². The highest BCUT2D eigenvalue weighted by Crippen LogP contribution is 2.26. The number of primary amides is 1. The van der Waals surface area contributed by atoms with Gasteiger partial charge in [-0.3, -0.25) is 14.4 Å². The van der Waals surface area contributed by atoms with Gasteiger partial charge in [0, 0.05) is 11.2 Å². The van der Waals surface area contributed by atoms with Crippen molar-refractivity contribution in [3.05, 3.63) is 71.1 Å². The zero-order valence-electron chi connectivity index (χ0n) is 20.4. The maximum atomic E-state index is 12.5. The second-order valence-corrected chi connectivity index (χ2v) is 9.71. The van der Waals surface area contributed by atoms with Crippen molar-refractivity contribution in [2.45, 2.75) is 44.2 Å². The molecule has 0 radical (unpaired) electrons. The molecule has 3 aromatic rings. The van der Waals surface area contributed by atoms with Gasteiger partial charge in [-0.25, -0.2) is 0 Å². The SMILES string of the molecule is NC(=O)CNC(=O)[C@@H](Cc1ccccc1)NCCCCCNC(=O)[C@H](N)Cc1csc2ccccc12. The second kappa shape index (κ2) is 14.3. The van der Waals surface area contributed by atoms with Crippen LogP contribution >= 0.6 is 11.3 Å². The maximum Gasteiger partial charge on any atom is 0.237 e. The van der Waals surface area contributed by atoms with E-state index in [1.807, 2.05) is 42.5 Å². The summed E-state index contributed by atoms with van der Waals surface area (Å²) < 4.78 is 1.20. The van der Waals surface area contributed by atoms with Crippen LogP contribution in [0.25, 0.3) is 10.1 Å². The molecule has 0 aliphatic rings. The van der Waals surface area contributed by atoms with Crippen LogP contribution in [0.1, 0.15) is 30.4 Å². The molecule has 0 fully saturated rings. The fourth-order valence-corrected chi connectivity index (χ4v) is 4.95. The van der Waals surface area contributed by atoms with Crippen LogP contribution in [0.4, 0.5) is 0 Å². The van der Waals surface area contributed by atoms with Crippen LogP contribution in [0.5, 0.6) is 0 Å². The number of benzene rings is 2. The van der Waals surface area contributed by atoms with Gasteiger partial charge in [-0.2, -0.15) is 0 Å². The lowest BCUT2D eigenvalue weighted by atomic mass is 10.0. The monoisotopic (exact) mass is 509 g/mol. The number of thiophene rings is 1. The summed E-state index contributed by atoms with van der Waals surface area (Å²) in [6.07, 6.45) is 3.58. The predicted octanol–water partition coefficient (Wildman–Crippen LogP) is 1.86. The van der Waals surface area contributed by atoms with Crippen LogP contribution in [0.15, 0.2) is 60.0 Å². The number of unbranched alkanes of at least 4 members (excludes halogenated alkanes) is 2. The van der Waals surface area contributed by atoms with Crippen LogP contribution in [-0.2, 0) is 27.2 Å². The first-order chi connectivity index (χ1) is 17.4. The van der Waals surface area contributed by atoms with Gasteiger partial charge >= 0.3 is 0 Å². The topological polar surface area (TPSA) is 139 Å². The van der Waals surface area contributed by atoms with E-state index in [-0.39, 0.29) is 18.4 Å². The molecule has 3 rings (SSSR count). The Morgan fingerprint density at radius 1 is 0.833 bits per heavy atom. The normalized spacial score (nSPS) is 12.7. The lowest BCUT2D eigenvalue weighted by Crippen LogP contribution is -2.48. The summed E-state index contributed by atoms with van der Waals surface area (Å²) in [6.45, 7) is 1.01. The lowest BCUT2D eigenvalue weighted by molar-refractivity contribution is -0.126. The van der Waals surface area contributed by atoms with Gasteiger partial charge in [0.1, 0.15) is 0 Å². The Kier molecular flexibility index (Phi) is 10.9. The van der Waals surface area contributed by atoms with Crippen molar-refractivity contribution in [2.75, 3.05) is 19.6 Å². The maximum absolute atomic E-state index is 12.5. The first kappa shape index (κ1) is 27.3. The van der Waals surface area contributed by atoms with E-state index in [9.17, 15) is 14.4 Å². The minimum absolute atomic E-state index is 0.141. The van der Waals surface area contributed by atoms with Crippen molar-refractivity contribution in [1.29, 1.82) is 0 Å². The van der Waals surface area contributed by atoms with E-state index in [2.05, 4.69) is 33.5 Å². The van der Waals surface area contributed by atoms with Gasteiger partial charge in [0.2, 0.25) is 17.7 Å². The Bertz CT molecular complexity index is 1130. The van der Waals surface area contributed by atoms with Gasteiger partial charge in [0.15, 0.2) is 0 Å². The van der Waals surface area contributed by atoms with E-state index < -0.39 is 18.0 Å². The Labute approximate surface area is 215 Å². The Hall–Kier alpha value is -3.27. The first-order valence-electron chi connectivity index (χ1n) is 12.3. The molecule has 0 saturated carbocycles. The summed E-state index contributed by atoms with van der Waals surface area (Å²) in [5.74, 6) is -0.970. The van der Waals surface area contributed by atoms with Crippen molar-refractivity contribution in [3.63, 3.8) is 0 Å². The minimum atomic E-state index is -0.581. The van der Waals surface area contributed by atoms with Crippen molar-refractivity contribution >= 4 is 39.1 Å². The Balaban J connectivity index is 1.34. The smallest absolute Gasteiger partial charge is 0.237 e. The highest BCUT2D eigenvalue weighted by molar-refractivity contribution is 7.17. The fraction of sp³-hybridized carbons (Fsp3) is 0.370. The number of nitrogens with two attached hydrogens (primary N) is 2. The zero-order chi connectivity index (χ0) is 25.8. The highest BCUT2D eigenvalue weighted by atomic mass is 32.1. The van der Waals surface area contributed by atoms with Crippen molar-refractivity contribution < 1.29 is 14.4 Å². The van der Waals surface area contributed by atoms with Crippen LogP contribution in [0, 0.1) is 0 Å². The van der Waals surface area contributed by atoms with E-state index in [1.54, 1.807) is 11.3 Å². The number of rotatable bonds is 15. The average Bonchev–Trinajstić information content (AvgIpc) is 3.29. The summed E-state index contributed by atoms with van der Waals surface area (Å²) in [5.41, 5.74) is 13.4. The predicted molar refractivity (Wildman–Crippen MR) is 145 cm³/mol. The molecule has 7 N–H and O–H groups in total. The number of carbonyl (C=O) groups excluding carboxylic acids is 3. The summed E-state index contributed by atoms with van der Waals surface area (Å²) >= 11 is 1.67. The molecule has 0 bridgehead atoms. The molecule has 0 unspecified atom stereocenters. The van der Waals surface area contributed by atoms with E-state index in [0.29, 0.717) is 25.9 Å². The molecule has 8 nitrogen and oxygen atoms in total. The molecule has 9 heteroatoms. The molecule has 2 aromatic carbocycles. The zero-order valence-corrected chi connectivity index (χ0v) is 21.2. The van der Waals surface area contributed by atoms with Gasteiger partial charge in [0.05, 0.1) is 18.6 Å². The third kappa shape index (κ3) is 8.75. The van der Waals surface area contributed by atoms with Crippen LogP contribution in [-0.4, -0.2) is 49.4 Å². The number of amides is 3. The Morgan fingerprint density at radius 2 is 1.56 bits per heavy atom. The molecule has 3 amide bonds. The molecule has 0 spiro atoms. The lowest BCUT2D eigenvalue weighted by Gasteiger charge is -2.18. The van der Waals surface area contributed by atoms with Crippen LogP contribution in [0.2, 0.25) is 0 Å². The van der Waals surface area contributed by atoms with Crippen LogP contribution < -0.4 is 27.4 Å². The third-order valence-electron chi connectivity index (χ3n) is 5.92. The number of fused-ring (bicyclic) bond motifs is 1. The van der Waals surface area contributed by atoms with E-state index in [4.69, 9.17) is 11.5 Å². The van der Waals surface area contributed by atoms with Crippen LogP contribution in [0.3, 0.4) is 0 Å². The molecular weight excluding hydrogens is 474 g/mol. The molecule has 2 atom stereocenters. The van der Waals surface area contributed by atoms with Crippen molar-refractivity contribution in [3.8, 4) is 0 Å².